The molecule has 0 aliphatic rings. The van der Waals surface area contributed by atoms with E-state index < -0.39 is 0 Å². The monoisotopic (exact) mass is 177 g/mol. The lowest BCUT2D eigenvalue weighted by Crippen LogP contribution is -2.11. The van der Waals surface area contributed by atoms with Gasteiger partial charge in [-0.1, -0.05) is 26.0 Å². The molecule has 2 heteroatoms. The molecule has 2 nitrogen and oxygen atoms in total. The lowest BCUT2D eigenvalue weighted by Gasteiger charge is -2.05. The summed E-state index contributed by atoms with van der Waals surface area (Å²) in [7, 11) is 0. The minimum Gasteiger partial charge on any atom is -0.366 e. The molecular weight excluding hydrogens is 162 g/mol. The number of amides is 1. The summed E-state index contributed by atoms with van der Waals surface area (Å²) >= 11 is 0. The smallest absolute Gasteiger partial charge is 0.248 e. The standard InChI is InChI=1S/C11H15NO/c1-8(2)6-9-4-3-5-10(7-9)11(12)13/h3-5,7-8H,6H2,1-2H3,(H2,12,13). The van der Waals surface area contributed by atoms with Gasteiger partial charge in [0.05, 0.1) is 0 Å². The van der Waals surface area contributed by atoms with Gasteiger partial charge < -0.3 is 5.73 Å². The molecule has 1 amide bonds. The second-order valence-corrected chi connectivity index (χ2v) is 3.66. The van der Waals surface area contributed by atoms with Gasteiger partial charge in [-0.15, -0.1) is 0 Å². The van der Waals surface area contributed by atoms with Crippen LogP contribution >= 0.6 is 0 Å². The predicted molar refractivity (Wildman–Crippen MR) is 53.5 cm³/mol. The van der Waals surface area contributed by atoms with Crippen molar-refractivity contribution in [3.8, 4) is 0 Å². The third-order valence-corrected chi connectivity index (χ3v) is 1.86. The molecule has 1 rings (SSSR count). The topological polar surface area (TPSA) is 43.1 Å². The third-order valence-electron chi connectivity index (χ3n) is 1.86. The minimum absolute atomic E-state index is 0.356. The van der Waals surface area contributed by atoms with Gasteiger partial charge in [0.25, 0.3) is 0 Å². The van der Waals surface area contributed by atoms with Gasteiger partial charge in [0.1, 0.15) is 0 Å². The molecule has 0 spiro atoms. The second kappa shape index (κ2) is 4.08. The zero-order valence-electron chi connectivity index (χ0n) is 8.08. The summed E-state index contributed by atoms with van der Waals surface area (Å²) in [6, 6.07) is 7.50. The average molecular weight is 177 g/mol. The van der Waals surface area contributed by atoms with Crippen LogP contribution in [-0.2, 0) is 6.42 Å². The summed E-state index contributed by atoms with van der Waals surface area (Å²) in [6.07, 6.45) is 0.987. The number of nitrogens with two attached hydrogens (primary N) is 1. The van der Waals surface area contributed by atoms with Crippen LogP contribution in [-0.4, -0.2) is 5.91 Å². The minimum atomic E-state index is -0.356. The van der Waals surface area contributed by atoms with Gasteiger partial charge in [0, 0.05) is 5.56 Å². The Morgan fingerprint density at radius 1 is 1.46 bits per heavy atom. The summed E-state index contributed by atoms with van der Waals surface area (Å²) in [5.41, 5.74) is 6.94. The van der Waals surface area contributed by atoms with Crippen molar-refractivity contribution in [1.29, 1.82) is 0 Å². The number of primary amides is 1. The van der Waals surface area contributed by atoms with Crippen molar-refractivity contribution in [2.75, 3.05) is 0 Å². The van der Waals surface area contributed by atoms with E-state index in [4.69, 9.17) is 5.73 Å². The molecule has 0 fully saturated rings. The molecule has 0 atom stereocenters. The highest BCUT2D eigenvalue weighted by molar-refractivity contribution is 5.92. The Bertz CT molecular complexity index is 305. The van der Waals surface area contributed by atoms with Crippen molar-refractivity contribution in [2.24, 2.45) is 11.7 Å². The van der Waals surface area contributed by atoms with E-state index in [2.05, 4.69) is 13.8 Å². The molecule has 70 valence electrons. The first-order valence-corrected chi connectivity index (χ1v) is 4.48. The molecule has 0 aliphatic heterocycles. The Labute approximate surface area is 78.8 Å². The third kappa shape index (κ3) is 2.90. The Hall–Kier alpha value is -1.31. The van der Waals surface area contributed by atoms with Crippen LogP contribution in [0.15, 0.2) is 24.3 Å². The highest BCUT2D eigenvalue weighted by Crippen LogP contribution is 2.09. The van der Waals surface area contributed by atoms with Gasteiger partial charge in [0.2, 0.25) is 5.91 Å². The fourth-order valence-corrected chi connectivity index (χ4v) is 1.32. The number of carbonyl (C=O) groups is 1. The van der Waals surface area contributed by atoms with Crippen LogP contribution in [0.3, 0.4) is 0 Å². The van der Waals surface area contributed by atoms with Crippen molar-refractivity contribution < 1.29 is 4.79 Å². The van der Waals surface area contributed by atoms with Crippen LogP contribution in [0.4, 0.5) is 0 Å². The average Bonchev–Trinajstić information content (AvgIpc) is 2.03. The van der Waals surface area contributed by atoms with Crippen LogP contribution in [0.2, 0.25) is 0 Å². The maximum absolute atomic E-state index is 10.9. The van der Waals surface area contributed by atoms with E-state index >= 15 is 0 Å². The first-order chi connectivity index (χ1) is 6.09. The lowest BCUT2D eigenvalue weighted by atomic mass is 10.0. The normalized spacial score (nSPS) is 10.4. The molecule has 0 radical (unpaired) electrons. The zero-order valence-corrected chi connectivity index (χ0v) is 8.08. The van der Waals surface area contributed by atoms with Crippen molar-refractivity contribution in [1.82, 2.24) is 0 Å². The maximum atomic E-state index is 10.9. The van der Waals surface area contributed by atoms with Crippen molar-refractivity contribution in [2.45, 2.75) is 20.3 Å². The molecular formula is C11H15NO. The number of benzene rings is 1. The van der Waals surface area contributed by atoms with E-state index in [-0.39, 0.29) is 5.91 Å². The molecule has 0 aliphatic carbocycles. The van der Waals surface area contributed by atoms with Crippen LogP contribution in [0.1, 0.15) is 29.8 Å². The first-order valence-electron chi connectivity index (χ1n) is 4.48. The summed E-state index contributed by atoms with van der Waals surface area (Å²) < 4.78 is 0. The molecule has 13 heavy (non-hydrogen) atoms. The second-order valence-electron chi connectivity index (χ2n) is 3.66. The largest absolute Gasteiger partial charge is 0.366 e. The molecule has 0 saturated heterocycles. The van der Waals surface area contributed by atoms with E-state index in [1.54, 1.807) is 6.07 Å². The highest BCUT2D eigenvalue weighted by Gasteiger charge is 2.02. The Morgan fingerprint density at radius 3 is 2.69 bits per heavy atom. The first kappa shape index (κ1) is 9.78. The maximum Gasteiger partial charge on any atom is 0.248 e. The van der Waals surface area contributed by atoms with E-state index in [1.807, 2.05) is 18.2 Å². The molecule has 0 bridgehead atoms. The molecule has 1 aromatic carbocycles. The van der Waals surface area contributed by atoms with Crippen LogP contribution in [0.25, 0.3) is 0 Å². The van der Waals surface area contributed by atoms with Gasteiger partial charge in [-0.05, 0) is 30.0 Å². The Balaban J connectivity index is 2.85. The van der Waals surface area contributed by atoms with Crippen molar-refractivity contribution >= 4 is 5.91 Å². The van der Waals surface area contributed by atoms with E-state index in [9.17, 15) is 4.79 Å². The Morgan fingerprint density at radius 2 is 2.15 bits per heavy atom. The number of hydrogen-bond acceptors (Lipinski definition) is 1. The molecule has 0 heterocycles. The summed E-state index contributed by atoms with van der Waals surface area (Å²) in [5, 5.41) is 0. The van der Waals surface area contributed by atoms with Gasteiger partial charge in [-0.25, -0.2) is 0 Å². The predicted octanol–water partition coefficient (Wildman–Crippen LogP) is 1.98. The lowest BCUT2D eigenvalue weighted by molar-refractivity contribution is 0.1000. The number of hydrogen-bond donors (Lipinski definition) is 1. The molecule has 0 unspecified atom stereocenters. The van der Waals surface area contributed by atoms with E-state index in [1.165, 1.54) is 5.56 Å². The fourth-order valence-electron chi connectivity index (χ4n) is 1.32. The Kier molecular flexibility index (Phi) is 3.07. The quantitative estimate of drug-likeness (QED) is 0.753. The van der Waals surface area contributed by atoms with E-state index in [0.29, 0.717) is 11.5 Å². The summed E-state index contributed by atoms with van der Waals surface area (Å²) in [4.78, 5) is 10.9. The van der Waals surface area contributed by atoms with Crippen molar-refractivity contribution in [3.05, 3.63) is 35.4 Å². The summed E-state index contributed by atoms with van der Waals surface area (Å²) in [6.45, 7) is 4.30. The number of carbonyl (C=O) groups excluding carboxylic acids is 1. The SMILES string of the molecule is CC(C)Cc1cccc(C(N)=O)c1. The van der Waals surface area contributed by atoms with Crippen molar-refractivity contribution in [3.63, 3.8) is 0 Å². The van der Waals surface area contributed by atoms with Gasteiger partial charge >= 0.3 is 0 Å². The molecule has 0 saturated carbocycles. The van der Waals surface area contributed by atoms with Crippen LogP contribution in [0.5, 0.6) is 0 Å². The summed E-state index contributed by atoms with van der Waals surface area (Å²) in [5.74, 6) is 0.244. The van der Waals surface area contributed by atoms with E-state index in [0.717, 1.165) is 6.42 Å². The van der Waals surface area contributed by atoms with Gasteiger partial charge in [-0.3, -0.25) is 4.79 Å². The van der Waals surface area contributed by atoms with Crippen LogP contribution < -0.4 is 5.73 Å². The number of rotatable bonds is 3. The molecule has 2 N–H and O–H groups in total. The fraction of sp³-hybridized carbons (Fsp3) is 0.364. The van der Waals surface area contributed by atoms with Gasteiger partial charge in [-0.2, -0.15) is 0 Å². The zero-order chi connectivity index (χ0) is 9.84. The molecule has 0 aromatic heterocycles. The molecule has 1 aromatic rings. The van der Waals surface area contributed by atoms with Crippen LogP contribution in [0, 0.1) is 5.92 Å². The highest BCUT2D eigenvalue weighted by atomic mass is 16.1. The van der Waals surface area contributed by atoms with Gasteiger partial charge in [0.15, 0.2) is 0 Å².